The molecule has 38 heavy (non-hydrogen) atoms. The number of hydrogen-bond acceptors (Lipinski definition) is 2. The molecule has 0 spiro atoms. The molecule has 222 valence electrons. The van der Waals surface area contributed by atoms with Crippen LogP contribution in [0.5, 0.6) is 0 Å². The molecule has 0 atom stereocenters. The van der Waals surface area contributed by atoms with Gasteiger partial charge < -0.3 is 4.74 Å². The van der Waals surface area contributed by atoms with E-state index in [0.717, 1.165) is 38.5 Å². The molecule has 0 aromatic rings. The molecule has 0 fully saturated rings. The second-order valence-electron chi connectivity index (χ2n) is 11.3. The van der Waals surface area contributed by atoms with E-state index in [1.54, 1.807) is 0 Å². The topological polar surface area (TPSA) is 26.3 Å². The van der Waals surface area contributed by atoms with Crippen molar-refractivity contribution in [1.82, 2.24) is 0 Å². The fraction of sp³-hybridized carbons (Fsp3) is 0.806. The number of allylic oxidation sites excluding steroid dienone is 6. The van der Waals surface area contributed by atoms with Crippen LogP contribution in [-0.2, 0) is 9.53 Å². The van der Waals surface area contributed by atoms with Crippen LogP contribution in [0.15, 0.2) is 36.0 Å². The number of esters is 1. The molecule has 0 aliphatic rings. The zero-order valence-electron chi connectivity index (χ0n) is 26.1. The van der Waals surface area contributed by atoms with Gasteiger partial charge in [0.2, 0.25) is 0 Å². The Morgan fingerprint density at radius 2 is 1.08 bits per heavy atom. The second-order valence-corrected chi connectivity index (χ2v) is 11.3. The van der Waals surface area contributed by atoms with E-state index in [9.17, 15) is 4.79 Å². The van der Waals surface area contributed by atoms with E-state index in [1.165, 1.54) is 121 Å². The van der Waals surface area contributed by atoms with Crippen LogP contribution < -0.4 is 0 Å². The van der Waals surface area contributed by atoms with Crippen molar-refractivity contribution in [3.8, 4) is 0 Å². The Labute approximate surface area is 239 Å². The van der Waals surface area contributed by atoms with Crippen molar-refractivity contribution in [3.05, 3.63) is 36.0 Å². The molecular formula is C36H66O2. The van der Waals surface area contributed by atoms with E-state index in [2.05, 4.69) is 51.2 Å². The Morgan fingerprint density at radius 3 is 1.66 bits per heavy atom. The Morgan fingerprint density at radius 1 is 0.579 bits per heavy atom. The van der Waals surface area contributed by atoms with Crippen molar-refractivity contribution >= 4 is 5.97 Å². The molecule has 0 N–H and O–H groups in total. The summed E-state index contributed by atoms with van der Waals surface area (Å²) in [6.45, 7) is 7.30. The van der Waals surface area contributed by atoms with Gasteiger partial charge in [-0.05, 0) is 51.9 Å². The fourth-order valence-electron chi connectivity index (χ4n) is 4.88. The third-order valence-corrected chi connectivity index (χ3v) is 7.36. The molecule has 2 heteroatoms. The van der Waals surface area contributed by atoms with Crippen molar-refractivity contribution in [2.45, 2.75) is 181 Å². The van der Waals surface area contributed by atoms with E-state index in [0.29, 0.717) is 13.0 Å². The quantitative estimate of drug-likeness (QED) is 0.0546. The van der Waals surface area contributed by atoms with Gasteiger partial charge >= 0.3 is 5.97 Å². The van der Waals surface area contributed by atoms with E-state index in [-0.39, 0.29) is 5.97 Å². The molecular weight excluding hydrogens is 464 g/mol. The molecule has 0 unspecified atom stereocenters. The van der Waals surface area contributed by atoms with Crippen LogP contribution in [0, 0.1) is 0 Å². The van der Waals surface area contributed by atoms with Gasteiger partial charge in [0, 0.05) is 6.42 Å². The normalized spacial score (nSPS) is 12.2. The molecule has 0 saturated carbocycles. The lowest BCUT2D eigenvalue weighted by molar-refractivity contribution is -0.143. The van der Waals surface area contributed by atoms with Crippen molar-refractivity contribution < 1.29 is 9.53 Å². The molecule has 0 aliphatic heterocycles. The zero-order chi connectivity index (χ0) is 27.8. The van der Waals surface area contributed by atoms with Crippen molar-refractivity contribution in [3.63, 3.8) is 0 Å². The molecule has 0 aromatic carbocycles. The third-order valence-electron chi connectivity index (χ3n) is 7.36. The number of carbonyl (C=O) groups is 1. The Balaban J connectivity index is 3.27. The lowest BCUT2D eigenvalue weighted by atomic mass is 10.0. The maximum absolute atomic E-state index is 11.9. The summed E-state index contributed by atoms with van der Waals surface area (Å²) < 4.78 is 5.42. The second kappa shape index (κ2) is 31.9. The number of hydrogen-bond donors (Lipinski definition) is 0. The standard InChI is InChI=1S/C36H66O2/c1-4-6-7-8-9-10-11-12-13-14-18-21-24-27-30-34-38-36(37)33-29-26-23-20-17-15-16-19-22-25-28-32-35(3)31-5-2/h16,19,25,28,31H,4-15,17-18,20-24,26-27,29-30,32-34H2,1-3H3/b19-16-,28-25-,35-31-. The van der Waals surface area contributed by atoms with Crippen LogP contribution in [-0.4, -0.2) is 12.6 Å². The lowest BCUT2D eigenvalue weighted by Crippen LogP contribution is -2.05. The molecule has 0 amide bonds. The first-order chi connectivity index (χ1) is 18.7. The molecule has 0 aromatic heterocycles. The summed E-state index contributed by atoms with van der Waals surface area (Å²) in [6, 6.07) is 0. The highest BCUT2D eigenvalue weighted by Gasteiger charge is 2.02. The summed E-state index contributed by atoms with van der Waals surface area (Å²) in [6.07, 6.45) is 42.7. The minimum absolute atomic E-state index is 0.00623. The van der Waals surface area contributed by atoms with E-state index in [4.69, 9.17) is 4.74 Å². The van der Waals surface area contributed by atoms with Gasteiger partial charge in [0.25, 0.3) is 0 Å². The summed E-state index contributed by atoms with van der Waals surface area (Å²) in [5.41, 5.74) is 1.46. The van der Waals surface area contributed by atoms with Gasteiger partial charge in [-0.2, -0.15) is 0 Å². The number of rotatable bonds is 29. The van der Waals surface area contributed by atoms with E-state index >= 15 is 0 Å². The van der Waals surface area contributed by atoms with Crippen LogP contribution in [0.3, 0.4) is 0 Å². The Kier molecular flexibility index (Phi) is 30.8. The molecule has 0 aliphatic carbocycles. The molecule has 0 heterocycles. The minimum atomic E-state index is 0.00623. The van der Waals surface area contributed by atoms with Crippen LogP contribution in [0.25, 0.3) is 0 Å². The molecule has 0 radical (unpaired) electrons. The van der Waals surface area contributed by atoms with Gasteiger partial charge in [-0.3, -0.25) is 4.79 Å². The average Bonchev–Trinajstić information content (AvgIpc) is 2.91. The van der Waals surface area contributed by atoms with Crippen LogP contribution in [0.2, 0.25) is 0 Å². The highest BCUT2D eigenvalue weighted by Crippen LogP contribution is 2.14. The maximum Gasteiger partial charge on any atom is 0.305 e. The highest BCUT2D eigenvalue weighted by molar-refractivity contribution is 5.69. The van der Waals surface area contributed by atoms with Gasteiger partial charge in [0.15, 0.2) is 0 Å². The van der Waals surface area contributed by atoms with Gasteiger partial charge in [0.05, 0.1) is 6.61 Å². The first-order valence-electron chi connectivity index (χ1n) is 16.8. The third kappa shape index (κ3) is 30.9. The van der Waals surface area contributed by atoms with E-state index < -0.39 is 0 Å². The Bertz CT molecular complexity index is 572. The Hall–Kier alpha value is -1.31. The number of carbonyl (C=O) groups excluding carboxylic acids is 1. The summed E-state index contributed by atoms with van der Waals surface area (Å²) in [5.74, 6) is 0.00623. The van der Waals surface area contributed by atoms with Crippen molar-refractivity contribution in [2.75, 3.05) is 6.61 Å². The molecule has 2 nitrogen and oxygen atoms in total. The number of unbranched alkanes of at least 4 members (excludes halogenated alkanes) is 19. The first-order valence-corrected chi connectivity index (χ1v) is 16.8. The zero-order valence-corrected chi connectivity index (χ0v) is 26.1. The van der Waals surface area contributed by atoms with Gasteiger partial charge in [0.1, 0.15) is 0 Å². The predicted molar refractivity (Wildman–Crippen MR) is 170 cm³/mol. The molecule has 0 saturated heterocycles. The molecule has 0 bridgehead atoms. The van der Waals surface area contributed by atoms with Gasteiger partial charge in [-0.15, -0.1) is 0 Å². The van der Waals surface area contributed by atoms with Crippen molar-refractivity contribution in [1.29, 1.82) is 0 Å². The first kappa shape index (κ1) is 36.7. The average molecular weight is 531 g/mol. The monoisotopic (exact) mass is 531 g/mol. The summed E-state index contributed by atoms with van der Waals surface area (Å²) in [5, 5.41) is 0. The van der Waals surface area contributed by atoms with Crippen LogP contribution >= 0.6 is 0 Å². The number of ether oxygens (including phenoxy) is 1. The highest BCUT2D eigenvalue weighted by atomic mass is 16.5. The van der Waals surface area contributed by atoms with Gasteiger partial charge in [-0.1, -0.05) is 159 Å². The summed E-state index contributed by atoms with van der Waals surface area (Å²) in [7, 11) is 0. The van der Waals surface area contributed by atoms with Gasteiger partial charge in [-0.25, -0.2) is 0 Å². The molecule has 0 rings (SSSR count). The summed E-state index contributed by atoms with van der Waals surface area (Å²) >= 11 is 0. The van der Waals surface area contributed by atoms with Crippen LogP contribution in [0.1, 0.15) is 181 Å². The largest absolute Gasteiger partial charge is 0.466 e. The maximum atomic E-state index is 11.9. The van der Waals surface area contributed by atoms with Crippen molar-refractivity contribution in [2.24, 2.45) is 0 Å². The summed E-state index contributed by atoms with van der Waals surface area (Å²) in [4.78, 5) is 11.9. The van der Waals surface area contributed by atoms with E-state index in [1.807, 2.05) is 0 Å². The predicted octanol–water partition coefficient (Wildman–Crippen LogP) is 12.4. The minimum Gasteiger partial charge on any atom is -0.466 e. The smallest absolute Gasteiger partial charge is 0.305 e. The fourth-order valence-corrected chi connectivity index (χ4v) is 4.88. The SMILES string of the molecule is CC/C=C(/C)C/C=C\C/C=C\CCCCCCCC(=O)OCCCCCCCCCCCCCCCCC. The lowest BCUT2D eigenvalue weighted by Gasteiger charge is -2.05. The van der Waals surface area contributed by atoms with Crippen LogP contribution in [0.4, 0.5) is 0 Å².